The molecule has 25 heavy (non-hydrogen) atoms. The van der Waals surface area contributed by atoms with Gasteiger partial charge in [0.15, 0.2) is 5.11 Å². The Kier molecular flexibility index (Phi) is 5.66. The van der Waals surface area contributed by atoms with Crippen LogP contribution in [0.25, 0.3) is 0 Å². The number of methoxy groups -OCH3 is 1. The molecule has 2 aromatic carbocycles. The summed E-state index contributed by atoms with van der Waals surface area (Å²) in [4.78, 5) is 4.55. The maximum atomic E-state index is 6.18. The van der Waals surface area contributed by atoms with E-state index in [9.17, 15) is 0 Å². The Morgan fingerprint density at radius 3 is 2.56 bits per heavy atom. The monoisotopic (exact) mass is 375 g/mol. The van der Waals surface area contributed by atoms with E-state index in [4.69, 9.17) is 28.6 Å². The highest BCUT2D eigenvalue weighted by molar-refractivity contribution is 7.80. The van der Waals surface area contributed by atoms with E-state index in [0.29, 0.717) is 0 Å². The zero-order valence-electron chi connectivity index (χ0n) is 14.5. The van der Waals surface area contributed by atoms with Crippen molar-refractivity contribution in [3.8, 4) is 5.75 Å². The van der Waals surface area contributed by atoms with Gasteiger partial charge < -0.3 is 19.9 Å². The van der Waals surface area contributed by atoms with Crippen molar-refractivity contribution in [2.45, 2.75) is 6.92 Å². The molecule has 1 fully saturated rings. The third-order valence-corrected chi connectivity index (χ3v) is 5.26. The highest BCUT2D eigenvalue weighted by Crippen LogP contribution is 2.24. The van der Waals surface area contributed by atoms with Crippen LogP contribution in [0.1, 0.15) is 5.56 Å². The molecule has 2 aromatic rings. The topological polar surface area (TPSA) is 27.7 Å². The number of anilines is 2. The van der Waals surface area contributed by atoms with E-state index in [1.165, 1.54) is 5.69 Å². The SMILES string of the molecule is COc1cccc(N2CCN(C(=S)Nc3cccc(Cl)c3C)CC2)c1. The van der Waals surface area contributed by atoms with E-state index in [-0.39, 0.29) is 0 Å². The van der Waals surface area contributed by atoms with Gasteiger partial charge in [-0.25, -0.2) is 0 Å². The van der Waals surface area contributed by atoms with Gasteiger partial charge in [-0.15, -0.1) is 0 Å². The van der Waals surface area contributed by atoms with E-state index < -0.39 is 0 Å². The molecule has 1 saturated heterocycles. The van der Waals surface area contributed by atoms with Crippen molar-refractivity contribution in [1.82, 2.24) is 4.90 Å². The quantitative estimate of drug-likeness (QED) is 0.812. The summed E-state index contributed by atoms with van der Waals surface area (Å²) < 4.78 is 5.31. The Labute approximate surface area is 159 Å². The first-order chi connectivity index (χ1) is 12.1. The van der Waals surface area contributed by atoms with Crippen LogP contribution in [0.2, 0.25) is 5.02 Å². The molecule has 0 amide bonds. The summed E-state index contributed by atoms with van der Waals surface area (Å²) in [5, 5.41) is 4.82. The maximum absolute atomic E-state index is 6.18. The summed E-state index contributed by atoms with van der Waals surface area (Å²) in [6, 6.07) is 14.0. The number of thiocarbonyl (C=S) groups is 1. The average Bonchev–Trinajstić information content (AvgIpc) is 2.65. The number of ether oxygens (including phenoxy) is 1. The Hall–Kier alpha value is -1.98. The van der Waals surface area contributed by atoms with Crippen LogP contribution in [0.4, 0.5) is 11.4 Å². The number of nitrogens with zero attached hydrogens (tertiary/aromatic N) is 2. The molecule has 1 aliphatic rings. The third-order valence-electron chi connectivity index (χ3n) is 4.49. The second-order valence-electron chi connectivity index (χ2n) is 6.02. The molecular weight excluding hydrogens is 354 g/mol. The van der Waals surface area contributed by atoms with Crippen LogP contribution in [-0.4, -0.2) is 43.3 Å². The minimum atomic E-state index is 0.746. The van der Waals surface area contributed by atoms with Gasteiger partial charge >= 0.3 is 0 Å². The number of halogens is 1. The number of piperazine rings is 1. The predicted octanol–water partition coefficient (Wildman–Crippen LogP) is 4.18. The van der Waals surface area contributed by atoms with Crippen LogP contribution >= 0.6 is 23.8 Å². The maximum Gasteiger partial charge on any atom is 0.173 e. The lowest BCUT2D eigenvalue weighted by Gasteiger charge is -2.37. The normalized spacial score (nSPS) is 14.4. The third kappa shape index (κ3) is 4.17. The van der Waals surface area contributed by atoms with Crippen molar-refractivity contribution in [2.75, 3.05) is 43.5 Å². The van der Waals surface area contributed by atoms with Gasteiger partial charge in [0.1, 0.15) is 5.75 Å². The van der Waals surface area contributed by atoms with E-state index in [1.54, 1.807) is 7.11 Å². The Morgan fingerprint density at radius 2 is 1.84 bits per heavy atom. The highest BCUT2D eigenvalue weighted by Gasteiger charge is 2.20. The fourth-order valence-corrected chi connectivity index (χ4v) is 3.38. The molecule has 0 saturated carbocycles. The summed E-state index contributed by atoms with van der Waals surface area (Å²) in [6.07, 6.45) is 0. The van der Waals surface area contributed by atoms with Crippen LogP contribution in [0.3, 0.4) is 0 Å². The van der Waals surface area contributed by atoms with Crippen molar-refractivity contribution in [1.29, 1.82) is 0 Å². The molecule has 6 heteroatoms. The fraction of sp³-hybridized carbons (Fsp3) is 0.316. The van der Waals surface area contributed by atoms with Gasteiger partial charge in [0.25, 0.3) is 0 Å². The van der Waals surface area contributed by atoms with E-state index in [0.717, 1.165) is 53.3 Å². The Bertz CT molecular complexity index is 760. The van der Waals surface area contributed by atoms with Crippen LogP contribution in [0.5, 0.6) is 5.75 Å². The van der Waals surface area contributed by atoms with E-state index in [2.05, 4.69) is 27.2 Å². The number of rotatable bonds is 3. The molecule has 1 N–H and O–H groups in total. The lowest BCUT2D eigenvalue weighted by molar-refractivity contribution is 0.389. The molecule has 0 atom stereocenters. The van der Waals surface area contributed by atoms with Crippen molar-refractivity contribution in [2.24, 2.45) is 0 Å². The van der Waals surface area contributed by atoms with Crippen LogP contribution in [0.15, 0.2) is 42.5 Å². The zero-order valence-corrected chi connectivity index (χ0v) is 16.0. The Balaban J connectivity index is 1.60. The van der Waals surface area contributed by atoms with Gasteiger partial charge in [0.2, 0.25) is 0 Å². The summed E-state index contributed by atoms with van der Waals surface area (Å²) in [5.41, 5.74) is 3.16. The molecule has 4 nitrogen and oxygen atoms in total. The van der Waals surface area contributed by atoms with Crippen LogP contribution < -0.4 is 15.0 Å². The molecule has 0 aliphatic carbocycles. The van der Waals surface area contributed by atoms with Gasteiger partial charge in [-0.2, -0.15) is 0 Å². The largest absolute Gasteiger partial charge is 0.497 e. The minimum Gasteiger partial charge on any atom is -0.497 e. The summed E-state index contributed by atoms with van der Waals surface area (Å²) in [5.74, 6) is 0.883. The summed E-state index contributed by atoms with van der Waals surface area (Å²) >= 11 is 11.8. The van der Waals surface area contributed by atoms with Gasteiger partial charge in [0, 0.05) is 48.6 Å². The molecule has 0 unspecified atom stereocenters. The fourth-order valence-electron chi connectivity index (χ4n) is 2.91. The lowest BCUT2D eigenvalue weighted by atomic mass is 10.2. The van der Waals surface area contributed by atoms with Crippen molar-refractivity contribution >= 4 is 40.3 Å². The molecular formula is C19H22ClN3OS. The lowest BCUT2D eigenvalue weighted by Crippen LogP contribution is -2.50. The molecule has 0 radical (unpaired) electrons. The standard InChI is InChI=1S/C19H22ClN3OS/c1-14-17(20)7-4-8-18(14)21-19(25)23-11-9-22(10-12-23)15-5-3-6-16(13-15)24-2/h3-8,13H,9-12H2,1-2H3,(H,21,25). The van der Waals surface area contributed by atoms with E-state index in [1.807, 2.05) is 37.3 Å². The molecule has 132 valence electrons. The summed E-state index contributed by atoms with van der Waals surface area (Å²) in [7, 11) is 1.69. The molecule has 0 aromatic heterocycles. The number of hydrogen-bond acceptors (Lipinski definition) is 3. The first kappa shape index (κ1) is 17.8. The van der Waals surface area contributed by atoms with Crippen molar-refractivity contribution in [3.05, 3.63) is 53.1 Å². The number of hydrogen-bond donors (Lipinski definition) is 1. The Morgan fingerprint density at radius 1 is 1.12 bits per heavy atom. The molecule has 1 heterocycles. The first-order valence-electron chi connectivity index (χ1n) is 8.28. The van der Waals surface area contributed by atoms with Gasteiger partial charge in [-0.1, -0.05) is 23.7 Å². The molecule has 0 bridgehead atoms. The molecule has 0 spiro atoms. The molecule has 1 aliphatic heterocycles. The van der Waals surface area contributed by atoms with Gasteiger partial charge in [0.05, 0.1) is 7.11 Å². The number of benzene rings is 2. The summed E-state index contributed by atoms with van der Waals surface area (Å²) in [6.45, 7) is 5.59. The van der Waals surface area contributed by atoms with E-state index >= 15 is 0 Å². The second kappa shape index (κ2) is 7.93. The van der Waals surface area contributed by atoms with Crippen molar-refractivity contribution in [3.63, 3.8) is 0 Å². The average molecular weight is 376 g/mol. The van der Waals surface area contributed by atoms with Gasteiger partial charge in [-0.05, 0) is 49.0 Å². The molecule has 3 rings (SSSR count). The van der Waals surface area contributed by atoms with Gasteiger partial charge in [-0.3, -0.25) is 0 Å². The van der Waals surface area contributed by atoms with Crippen LogP contribution in [0, 0.1) is 6.92 Å². The zero-order chi connectivity index (χ0) is 17.8. The van der Waals surface area contributed by atoms with Crippen LogP contribution in [-0.2, 0) is 0 Å². The number of nitrogens with one attached hydrogen (secondary N) is 1. The minimum absolute atomic E-state index is 0.746. The second-order valence-corrected chi connectivity index (χ2v) is 6.81. The predicted molar refractivity (Wildman–Crippen MR) is 109 cm³/mol. The van der Waals surface area contributed by atoms with Crippen molar-refractivity contribution < 1.29 is 4.74 Å². The first-order valence-corrected chi connectivity index (χ1v) is 9.07. The highest BCUT2D eigenvalue weighted by atomic mass is 35.5. The smallest absolute Gasteiger partial charge is 0.173 e.